The zero-order chi connectivity index (χ0) is 20.7. The lowest BCUT2D eigenvalue weighted by Crippen LogP contribution is -2.14. The van der Waals surface area contributed by atoms with Gasteiger partial charge in [0.2, 0.25) is 0 Å². The quantitative estimate of drug-likeness (QED) is 0.420. The highest BCUT2D eigenvalue weighted by Gasteiger charge is 2.24. The summed E-state index contributed by atoms with van der Waals surface area (Å²) in [6.45, 7) is 0. The number of amides is 1. The zero-order valence-corrected chi connectivity index (χ0v) is 17.6. The lowest BCUT2D eigenvalue weighted by molar-refractivity contribution is 0.103. The molecule has 150 valence electrons. The van der Waals surface area contributed by atoms with Crippen molar-refractivity contribution < 1.29 is 4.79 Å². The summed E-state index contributed by atoms with van der Waals surface area (Å²) in [7, 11) is 0. The Kier molecular flexibility index (Phi) is 4.89. The molecule has 0 radical (unpaired) electrons. The Morgan fingerprint density at radius 1 is 1.20 bits per heavy atom. The number of aromatic nitrogens is 2. The van der Waals surface area contributed by atoms with Crippen molar-refractivity contribution >= 4 is 50.4 Å². The summed E-state index contributed by atoms with van der Waals surface area (Å²) in [5.74, 6) is 0.179. The van der Waals surface area contributed by atoms with Gasteiger partial charge in [0.15, 0.2) is 5.15 Å². The van der Waals surface area contributed by atoms with Crippen molar-refractivity contribution in [2.24, 2.45) is 0 Å². The number of rotatable bonds is 3. The summed E-state index contributed by atoms with van der Waals surface area (Å²) in [4.78, 5) is 22.9. The van der Waals surface area contributed by atoms with Gasteiger partial charge in [-0.3, -0.25) is 4.79 Å². The van der Waals surface area contributed by atoms with Crippen LogP contribution in [0.15, 0.2) is 54.7 Å². The molecule has 0 unspecified atom stereocenters. The minimum Gasteiger partial charge on any atom is -0.397 e. The molecule has 3 N–H and O–H groups in total. The summed E-state index contributed by atoms with van der Waals surface area (Å²) in [5, 5.41) is 3.88. The number of nitrogen functional groups attached to an aromatic ring is 1. The van der Waals surface area contributed by atoms with E-state index in [0.717, 1.165) is 35.2 Å². The number of fused-ring (bicyclic) bond motifs is 2. The molecule has 0 bridgehead atoms. The Hall–Kier alpha value is -2.96. The SMILES string of the molecule is Nc1c(C(=O)Nc2cccnc2Cl)sc2nc3c(cc12)C[C@H](c1ccccc1)CC3. The van der Waals surface area contributed by atoms with Crippen LogP contribution < -0.4 is 11.1 Å². The van der Waals surface area contributed by atoms with E-state index in [1.807, 2.05) is 6.07 Å². The molecule has 4 aromatic rings. The largest absolute Gasteiger partial charge is 0.397 e. The van der Waals surface area contributed by atoms with Gasteiger partial charge in [0.25, 0.3) is 5.91 Å². The number of halogens is 1. The van der Waals surface area contributed by atoms with E-state index in [1.54, 1.807) is 18.3 Å². The third-order valence-electron chi connectivity index (χ3n) is 5.57. The van der Waals surface area contributed by atoms with Crippen molar-refractivity contribution in [1.29, 1.82) is 0 Å². The Labute approximate surface area is 182 Å². The van der Waals surface area contributed by atoms with Gasteiger partial charge in [-0.05, 0) is 54.5 Å². The molecular formula is C23H19ClN4OS. The van der Waals surface area contributed by atoms with E-state index in [-0.39, 0.29) is 11.1 Å². The molecule has 3 aromatic heterocycles. The number of hydrogen-bond acceptors (Lipinski definition) is 5. The van der Waals surface area contributed by atoms with Gasteiger partial charge < -0.3 is 11.1 Å². The van der Waals surface area contributed by atoms with E-state index in [9.17, 15) is 4.79 Å². The van der Waals surface area contributed by atoms with Crippen LogP contribution in [0.1, 0.15) is 38.8 Å². The standard InChI is InChI=1S/C23H19ClN4OS/c24-21-18(7-4-10-26-21)27-22(29)20-19(25)16-12-15-11-14(13-5-2-1-3-6-13)8-9-17(15)28-23(16)30-20/h1-7,10,12,14H,8-9,11,25H2,(H,27,29)/t14-/m1/s1. The fraction of sp³-hybridized carbons (Fsp3) is 0.174. The van der Waals surface area contributed by atoms with E-state index in [2.05, 4.69) is 40.6 Å². The van der Waals surface area contributed by atoms with E-state index in [4.69, 9.17) is 22.3 Å². The zero-order valence-electron chi connectivity index (χ0n) is 16.1. The lowest BCUT2D eigenvalue weighted by atomic mass is 9.82. The number of nitrogens with zero attached hydrogens (tertiary/aromatic N) is 2. The minimum absolute atomic E-state index is 0.242. The number of nitrogens with two attached hydrogens (primary N) is 1. The highest BCUT2D eigenvalue weighted by atomic mass is 35.5. The minimum atomic E-state index is -0.300. The molecule has 0 spiro atoms. The summed E-state index contributed by atoms with van der Waals surface area (Å²) >= 11 is 7.37. The maximum atomic E-state index is 12.8. The Balaban J connectivity index is 1.47. The van der Waals surface area contributed by atoms with Crippen molar-refractivity contribution in [2.45, 2.75) is 25.2 Å². The molecule has 3 heterocycles. The third kappa shape index (κ3) is 3.42. The second-order valence-corrected chi connectivity index (χ2v) is 8.80. The smallest absolute Gasteiger partial charge is 0.268 e. The van der Waals surface area contributed by atoms with Gasteiger partial charge in [-0.2, -0.15) is 0 Å². The molecule has 0 aliphatic heterocycles. The fourth-order valence-corrected chi connectivity index (χ4v) is 5.19. The molecular weight excluding hydrogens is 416 g/mol. The van der Waals surface area contributed by atoms with Gasteiger partial charge in [0.1, 0.15) is 9.71 Å². The normalized spacial score (nSPS) is 15.7. The number of nitrogens with one attached hydrogen (secondary N) is 1. The van der Waals surface area contributed by atoms with Crippen LogP contribution in [0.25, 0.3) is 10.2 Å². The number of thiophene rings is 1. The van der Waals surface area contributed by atoms with Crippen molar-refractivity contribution in [3.63, 3.8) is 0 Å². The molecule has 5 nitrogen and oxygen atoms in total. The summed E-state index contributed by atoms with van der Waals surface area (Å²) in [6.07, 6.45) is 4.51. The fourth-order valence-electron chi connectivity index (χ4n) is 4.03. The van der Waals surface area contributed by atoms with Crippen molar-refractivity contribution in [3.8, 4) is 0 Å². The van der Waals surface area contributed by atoms with E-state index >= 15 is 0 Å². The highest BCUT2D eigenvalue weighted by molar-refractivity contribution is 7.21. The van der Waals surface area contributed by atoms with Gasteiger partial charge >= 0.3 is 0 Å². The van der Waals surface area contributed by atoms with E-state index in [0.29, 0.717) is 22.2 Å². The van der Waals surface area contributed by atoms with Crippen molar-refractivity contribution in [3.05, 3.63) is 81.6 Å². The van der Waals surface area contributed by atoms with Gasteiger partial charge in [0, 0.05) is 17.3 Å². The van der Waals surface area contributed by atoms with E-state index in [1.165, 1.54) is 22.5 Å². The molecule has 5 rings (SSSR count). The number of benzene rings is 1. The number of anilines is 2. The van der Waals surface area contributed by atoms with Gasteiger partial charge in [-0.25, -0.2) is 9.97 Å². The summed E-state index contributed by atoms with van der Waals surface area (Å²) in [6, 6.07) is 16.1. The molecule has 1 aromatic carbocycles. The monoisotopic (exact) mass is 434 g/mol. The lowest BCUT2D eigenvalue weighted by Gasteiger charge is -2.24. The van der Waals surface area contributed by atoms with Crippen LogP contribution in [0, 0.1) is 0 Å². The molecule has 30 heavy (non-hydrogen) atoms. The van der Waals surface area contributed by atoms with Crippen LogP contribution in [0.4, 0.5) is 11.4 Å². The number of hydrogen-bond donors (Lipinski definition) is 2. The molecule has 1 aliphatic carbocycles. The number of aryl methyl sites for hydroxylation is 1. The number of carbonyl (C=O) groups excluding carboxylic acids is 1. The molecule has 0 fully saturated rings. The predicted octanol–water partition coefficient (Wildman–Crippen LogP) is 5.45. The average molecular weight is 435 g/mol. The molecule has 7 heteroatoms. The van der Waals surface area contributed by atoms with Crippen LogP contribution in [-0.4, -0.2) is 15.9 Å². The molecule has 1 atom stereocenters. The second kappa shape index (κ2) is 7.70. The molecule has 1 amide bonds. The second-order valence-electron chi connectivity index (χ2n) is 7.44. The Morgan fingerprint density at radius 3 is 2.83 bits per heavy atom. The maximum Gasteiger partial charge on any atom is 0.268 e. The summed E-state index contributed by atoms with van der Waals surface area (Å²) < 4.78 is 0. The first-order valence-corrected chi connectivity index (χ1v) is 11.0. The molecule has 0 saturated heterocycles. The Bertz CT molecular complexity index is 1260. The van der Waals surface area contributed by atoms with Gasteiger partial charge in [0.05, 0.1) is 11.4 Å². The van der Waals surface area contributed by atoms with Gasteiger partial charge in [-0.1, -0.05) is 41.9 Å². The van der Waals surface area contributed by atoms with E-state index < -0.39 is 0 Å². The van der Waals surface area contributed by atoms with Crippen LogP contribution in [0.3, 0.4) is 0 Å². The van der Waals surface area contributed by atoms with Crippen molar-refractivity contribution in [2.75, 3.05) is 11.1 Å². The maximum absolute atomic E-state index is 12.8. The Morgan fingerprint density at radius 2 is 2.03 bits per heavy atom. The first-order valence-electron chi connectivity index (χ1n) is 9.77. The molecule has 1 aliphatic rings. The number of carbonyl (C=O) groups is 1. The van der Waals surface area contributed by atoms with Crippen LogP contribution >= 0.6 is 22.9 Å². The third-order valence-corrected chi connectivity index (χ3v) is 6.99. The predicted molar refractivity (Wildman–Crippen MR) is 122 cm³/mol. The first-order chi connectivity index (χ1) is 14.6. The van der Waals surface area contributed by atoms with Crippen molar-refractivity contribution in [1.82, 2.24) is 9.97 Å². The first kappa shape index (κ1) is 19.0. The van der Waals surface area contributed by atoms with Crippen LogP contribution in [0.5, 0.6) is 0 Å². The molecule has 0 saturated carbocycles. The summed E-state index contributed by atoms with van der Waals surface area (Å²) in [5.41, 5.74) is 11.0. The topological polar surface area (TPSA) is 80.9 Å². The number of pyridine rings is 2. The average Bonchev–Trinajstić information content (AvgIpc) is 3.09. The van der Waals surface area contributed by atoms with Gasteiger partial charge in [-0.15, -0.1) is 11.3 Å². The van der Waals surface area contributed by atoms with Crippen LogP contribution in [-0.2, 0) is 12.8 Å². The van der Waals surface area contributed by atoms with Crippen LogP contribution in [0.2, 0.25) is 5.15 Å². The highest BCUT2D eigenvalue weighted by Crippen LogP contribution is 2.38.